The van der Waals surface area contributed by atoms with Crippen LogP contribution in [-0.2, 0) is 6.42 Å². The predicted molar refractivity (Wildman–Crippen MR) is 106 cm³/mol. The summed E-state index contributed by atoms with van der Waals surface area (Å²) in [4.78, 5) is 16.9. The van der Waals surface area contributed by atoms with Crippen molar-refractivity contribution >= 4 is 17.5 Å². The number of alkyl halides is 2. The van der Waals surface area contributed by atoms with E-state index in [0.29, 0.717) is 12.1 Å². The Labute approximate surface area is 167 Å². The van der Waals surface area contributed by atoms with Gasteiger partial charge in [0.1, 0.15) is 6.04 Å². The van der Waals surface area contributed by atoms with Crippen molar-refractivity contribution < 1.29 is 13.6 Å². The Morgan fingerprint density at radius 3 is 2.69 bits per heavy atom. The van der Waals surface area contributed by atoms with E-state index in [2.05, 4.69) is 20.7 Å². The quantitative estimate of drug-likeness (QED) is 0.679. The van der Waals surface area contributed by atoms with Gasteiger partial charge in [0.2, 0.25) is 11.8 Å². The van der Waals surface area contributed by atoms with E-state index >= 15 is 0 Å². The summed E-state index contributed by atoms with van der Waals surface area (Å²) in [5.41, 5.74) is 2.69. The summed E-state index contributed by atoms with van der Waals surface area (Å²) < 4.78 is 27.9. The molecule has 4 rings (SSSR count). The van der Waals surface area contributed by atoms with Crippen LogP contribution in [0.5, 0.6) is 0 Å². The van der Waals surface area contributed by atoms with Crippen molar-refractivity contribution in [1.29, 1.82) is 0 Å². The second kappa shape index (κ2) is 7.98. The van der Waals surface area contributed by atoms with Gasteiger partial charge in [-0.15, -0.1) is 5.10 Å². The smallest absolute Gasteiger partial charge is 0.295 e. The van der Waals surface area contributed by atoms with Crippen LogP contribution >= 0.6 is 0 Å². The Balaban J connectivity index is 1.56. The molecule has 8 heteroatoms. The molecule has 0 aliphatic carbocycles. The Hall–Kier alpha value is -3.29. The molecule has 0 bridgehead atoms. The summed E-state index contributed by atoms with van der Waals surface area (Å²) in [6.45, 7) is 1.80. The minimum Gasteiger partial charge on any atom is -0.352 e. The fourth-order valence-corrected chi connectivity index (χ4v) is 3.49. The summed E-state index contributed by atoms with van der Waals surface area (Å²) in [6, 6.07) is 16.1. The number of benzene rings is 2. The van der Waals surface area contributed by atoms with E-state index in [1.807, 2.05) is 48.5 Å². The van der Waals surface area contributed by atoms with Crippen molar-refractivity contribution in [1.82, 2.24) is 14.8 Å². The lowest BCUT2D eigenvalue weighted by molar-refractivity contribution is 0.0662. The Bertz CT molecular complexity index is 1010. The van der Waals surface area contributed by atoms with Crippen LogP contribution in [0.1, 0.15) is 41.1 Å². The lowest BCUT2D eigenvalue weighted by atomic mass is 10.0. The molecule has 2 aromatic carbocycles. The molecular weight excluding hydrogens is 376 g/mol. The Kier molecular flexibility index (Phi) is 5.24. The van der Waals surface area contributed by atoms with E-state index in [0.717, 1.165) is 15.8 Å². The van der Waals surface area contributed by atoms with Crippen LogP contribution in [0.4, 0.5) is 20.4 Å². The molecule has 1 aliphatic heterocycles. The zero-order chi connectivity index (χ0) is 20.4. The third-order valence-corrected chi connectivity index (χ3v) is 4.91. The number of anilines is 2. The molecule has 1 amide bonds. The molecule has 150 valence electrons. The summed E-state index contributed by atoms with van der Waals surface area (Å²) >= 11 is 0. The third-order valence-electron chi connectivity index (χ3n) is 4.91. The number of aromatic nitrogens is 3. The van der Waals surface area contributed by atoms with Crippen LogP contribution < -0.4 is 10.6 Å². The van der Waals surface area contributed by atoms with Crippen molar-refractivity contribution in [3.8, 4) is 0 Å². The molecule has 0 radical (unpaired) electrons. The summed E-state index contributed by atoms with van der Waals surface area (Å²) in [5, 5.41) is 9.87. The molecule has 6 nitrogen and oxygen atoms in total. The largest absolute Gasteiger partial charge is 0.352 e. The first kappa shape index (κ1) is 19.0. The van der Waals surface area contributed by atoms with Crippen LogP contribution in [0.25, 0.3) is 0 Å². The number of hydrogen-bond donors (Lipinski definition) is 2. The highest BCUT2D eigenvalue weighted by atomic mass is 19.3. The molecule has 0 unspecified atom stereocenters. The first-order chi connectivity index (χ1) is 14.0. The van der Waals surface area contributed by atoms with E-state index in [1.54, 1.807) is 13.0 Å². The van der Waals surface area contributed by atoms with Gasteiger partial charge in [-0.1, -0.05) is 48.5 Å². The van der Waals surface area contributed by atoms with Crippen molar-refractivity contribution in [3.05, 3.63) is 71.5 Å². The lowest BCUT2D eigenvalue weighted by Gasteiger charge is -2.28. The zero-order valence-corrected chi connectivity index (χ0v) is 15.8. The van der Waals surface area contributed by atoms with Crippen LogP contribution in [0.3, 0.4) is 0 Å². The van der Waals surface area contributed by atoms with Gasteiger partial charge in [-0.05, 0) is 37.0 Å². The normalized spacial score (nSPS) is 18.2. The van der Waals surface area contributed by atoms with Gasteiger partial charge in [0.05, 0.1) is 0 Å². The summed E-state index contributed by atoms with van der Waals surface area (Å²) in [7, 11) is 0. The number of hydrogen-bond acceptors (Lipinski definition) is 4. The van der Waals surface area contributed by atoms with Gasteiger partial charge in [-0.25, -0.2) is 13.5 Å². The molecule has 1 aliphatic rings. The van der Waals surface area contributed by atoms with Crippen LogP contribution in [0.15, 0.2) is 54.6 Å². The van der Waals surface area contributed by atoms with Crippen molar-refractivity contribution in [2.75, 3.05) is 10.6 Å². The van der Waals surface area contributed by atoms with Gasteiger partial charge >= 0.3 is 0 Å². The SMILES string of the molecule is C[C@H]1C[C@H](C(F)F)n2nc(C(=O)Nc3ccccc3Cc3ccccc3)nc2N1. The number of carbonyl (C=O) groups excluding carboxylic acids is 1. The average Bonchev–Trinajstić information content (AvgIpc) is 3.13. The lowest BCUT2D eigenvalue weighted by Crippen LogP contribution is -2.33. The van der Waals surface area contributed by atoms with E-state index < -0.39 is 18.4 Å². The number of nitrogens with zero attached hydrogens (tertiary/aromatic N) is 3. The number of para-hydroxylation sites is 1. The molecule has 0 saturated carbocycles. The van der Waals surface area contributed by atoms with E-state index in [4.69, 9.17) is 0 Å². The number of amides is 1. The van der Waals surface area contributed by atoms with E-state index in [9.17, 15) is 13.6 Å². The van der Waals surface area contributed by atoms with Crippen molar-refractivity contribution in [3.63, 3.8) is 0 Å². The molecule has 2 N–H and O–H groups in total. The summed E-state index contributed by atoms with van der Waals surface area (Å²) in [5.74, 6) is -0.478. The first-order valence-electron chi connectivity index (χ1n) is 9.45. The fraction of sp³-hybridized carbons (Fsp3) is 0.286. The molecule has 0 spiro atoms. The zero-order valence-electron chi connectivity index (χ0n) is 15.8. The van der Waals surface area contributed by atoms with Crippen LogP contribution in [0.2, 0.25) is 0 Å². The maximum atomic E-state index is 13.4. The Morgan fingerprint density at radius 1 is 1.21 bits per heavy atom. The molecule has 1 aromatic heterocycles. The monoisotopic (exact) mass is 397 g/mol. The minimum atomic E-state index is -2.58. The van der Waals surface area contributed by atoms with E-state index in [-0.39, 0.29) is 24.2 Å². The van der Waals surface area contributed by atoms with Gasteiger partial charge in [0.15, 0.2) is 0 Å². The van der Waals surface area contributed by atoms with Gasteiger partial charge < -0.3 is 10.6 Å². The Morgan fingerprint density at radius 2 is 1.93 bits per heavy atom. The maximum Gasteiger partial charge on any atom is 0.295 e. The standard InChI is InChI=1S/C21H21F2N5O/c1-13-11-17(18(22)23)28-21(24-13)26-19(27-28)20(29)25-16-10-6-5-9-15(16)12-14-7-3-2-4-8-14/h2-10,13,17-18H,11-12H2,1H3,(H,25,29)(H,24,26,27)/t13-,17+/m0/s1. The van der Waals surface area contributed by atoms with Gasteiger partial charge in [-0.2, -0.15) is 4.98 Å². The molecule has 2 atom stereocenters. The maximum absolute atomic E-state index is 13.4. The number of nitrogens with one attached hydrogen (secondary N) is 2. The second-order valence-electron chi connectivity index (χ2n) is 7.16. The highest BCUT2D eigenvalue weighted by Crippen LogP contribution is 2.30. The molecule has 3 aromatic rings. The number of carbonyl (C=O) groups is 1. The fourth-order valence-electron chi connectivity index (χ4n) is 3.49. The molecular formula is C21H21F2N5O. The number of fused-ring (bicyclic) bond motifs is 1. The topological polar surface area (TPSA) is 71.8 Å². The number of halogens is 2. The first-order valence-corrected chi connectivity index (χ1v) is 9.45. The molecule has 2 heterocycles. The molecule has 29 heavy (non-hydrogen) atoms. The van der Waals surface area contributed by atoms with Gasteiger partial charge in [-0.3, -0.25) is 4.79 Å². The van der Waals surface area contributed by atoms with Crippen molar-refractivity contribution in [2.24, 2.45) is 0 Å². The van der Waals surface area contributed by atoms with Gasteiger partial charge in [0, 0.05) is 11.7 Å². The average molecular weight is 397 g/mol. The molecule has 0 saturated heterocycles. The van der Waals surface area contributed by atoms with E-state index in [1.165, 1.54) is 0 Å². The third kappa shape index (κ3) is 4.11. The minimum absolute atomic E-state index is 0.137. The van der Waals surface area contributed by atoms with Crippen LogP contribution in [0, 0.1) is 0 Å². The highest BCUT2D eigenvalue weighted by Gasteiger charge is 2.34. The molecule has 0 fully saturated rings. The van der Waals surface area contributed by atoms with Crippen LogP contribution in [-0.4, -0.2) is 33.1 Å². The van der Waals surface area contributed by atoms with Gasteiger partial charge in [0.25, 0.3) is 12.3 Å². The van der Waals surface area contributed by atoms with Crippen molar-refractivity contribution in [2.45, 2.75) is 38.3 Å². The predicted octanol–water partition coefficient (Wildman–Crippen LogP) is 4.13. The summed E-state index contributed by atoms with van der Waals surface area (Å²) in [6.07, 6.45) is -1.71. The number of rotatable bonds is 5. The second-order valence-corrected chi connectivity index (χ2v) is 7.16. The highest BCUT2D eigenvalue weighted by molar-refractivity contribution is 6.02.